The Morgan fingerprint density at radius 2 is 2.20 bits per heavy atom. The summed E-state index contributed by atoms with van der Waals surface area (Å²) in [5, 5.41) is 2.85. The van der Waals surface area contributed by atoms with Crippen molar-refractivity contribution < 1.29 is 9.53 Å². The van der Waals surface area contributed by atoms with Gasteiger partial charge in [-0.2, -0.15) is 0 Å². The second-order valence-electron chi connectivity index (χ2n) is 3.91. The van der Waals surface area contributed by atoms with Gasteiger partial charge in [-0.15, -0.1) is 0 Å². The first-order valence-corrected chi connectivity index (χ1v) is 5.52. The second kappa shape index (κ2) is 6.76. The molecule has 15 heavy (non-hydrogen) atoms. The minimum atomic E-state index is 0.0715. The number of hydrogen-bond acceptors (Lipinski definition) is 4. The van der Waals surface area contributed by atoms with Crippen LogP contribution in [0.15, 0.2) is 0 Å². The third kappa shape index (κ3) is 5.11. The summed E-state index contributed by atoms with van der Waals surface area (Å²) in [6.45, 7) is 6.63. The fraction of sp³-hybridized carbons (Fsp3) is 0.900. The van der Waals surface area contributed by atoms with Gasteiger partial charge in [0, 0.05) is 38.6 Å². The topological polar surface area (TPSA) is 67.6 Å². The molecule has 0 aromatic heterocycles. The minimum absolute atomic E-state index is 0.0715. The van der Waals surface area contributed by atoms with E-state index in [4.69, 9.17) is 10.5 Å². The van der Waals surface area contributed by atoms with E-state index >= 15 is 0 Å². The molecule has 0 aromatic rings. The normalized spacial score (nSPS) is 19.9. The molecule has 1 fully saturated rings. The van der Waals surface area contributed by atoms with Crippen LogP contribution >= 0.6 is 0 Å². The highest BCUT2D eigenvalue weighted by molar-refractivity contribution is 5.76. The van der Waals surface area contributed by atoms with Gasteiger partial charge in [-0.1, -0.05) is 0 Å². The smallest absolute Gasteiger partial charge is 0.221 e. The van der Waals surface area contributed by atoms with Crippen LogP contribution in [0.25, 0.3) is 0 Å². The molecule has 0 aromatic carbocycles. The lowest BCUT2D eigenvalue weighted by Gasteiger charge is -2.26. The molecule has 88 valence electrons. The molecule has 0 spiro atoms. The summed E-state index contributed by atoms with van der Waals surface area (Å²) in [7, 11) is 0. The number of nitrogens with one attached hydrogen (secondary N) is 1. The molecule has 1 heterocycles. The first-order valence-electron chi connectivity index (χ1n) is 5.52. The Balaban J connectivity index is 2.10. The van der Waals surface area contributed by atoms with Gasteiger partial charge in [0.25, 0.3) is 0 Å². The maximum absolute atomic E-state index is 11.4. The van der Waals surface area contributed by atoms with Gasteiger partial charge in [-0.3, -0.25) is 9.69 Å². The number of nitrogens with zero attached hydrogens (tertiary/aromatic N) is 1. The number of morpholine rings is 1. The van der Waals surface area contributed by atoms with Crippen molar-refractivity contribution in [2.45, 2.75) is 19.4 Å². The zero-order valence-corrected chi connectivity index (χ0v) is 9.37. The Bertz CT molecular complexity index is 193. The molecule has 3 N–H and O–H groups in total. The van der Waals surface area contributed by atoms with Gasteiger partial charge < -0.3 is 15.8 Å². The molecule has 1 amide bonds. The number of rotatable bonds is 5. The van der Waals surface area contributed by atoms with E-state index in [0.717, 1.165) is 32.8 Å². The Kier molecular flexibility index (Phi) is 5.60. The summed E-state index contributed by atoms with van der Waals surface area (Å²) < 4.78 is 5.23. The molecule has 5 nitrogen and oxygen atoms in total. The third-order valence-corrected chi connectivity index (χ3v) is 2.52. The molecule has 1 aliphatic heterocycles. The quantitative estimate of drug-likeness (QED) is 0.628. The SMILES string of the molecule is CC(CN)NC(=O)CCN1CCOCC1. The number of carbonyl (C=O) groups excluding carboxylic acids is 1. The highest BCUT2D eigenvalue weighted by Crippen LogP contribution is 1.97. The molecule has 1 atom stereocenters. The average molecular weight is 215 g/mol. The number of carbonyl (C=O) groups is 1. The second-order valence-corrected chi connectivity index (χ2v) is 3.91. The van der Waals surface area contributed by atoms with Crippen LogP contribution in [-0.2, 0) is 9.53 Å². The first kappa shape index (κ1) is 12.4. The van der Waals surface area contributed by atoms with E-state index in [1.807, 2.05) is 6.92 Å². The van der Waals surface area contributed by atoms with Gasteiger partial charge in [-0.25, -0.2) is 0 Å². The Morgan fingerprint density at radius 1 is 1.53 bits per heavy atom. The van der Waals surface area contributed by atoms with E-state index in [1.54, 1.807) is 0 Å². The van der Waals surface area contributed by atoms with Crippen molar-refractivity contribution in [1.82, 2.24) is 10.2 Å². The van der Waals surface area contributed by atoms with Gasteiger partial charge in [0.15, 0.2) is 0 Å². The predicted octanol–water partition coefficient (Wildman–Crippen LogP) is -0.828. The molecular weight excluding hydrogens is 194 g/mol. The van der Waals surface area contributed by atoms with Gasteiger partial charge >= 0.3 is 0 Å². The van der Waals surface area contributed by atoms with Crippen molar-refractivity contribution in [3.63, 3.8) is 0 Å². The van der Waals surface area contributed by atoms with Gasteiger partial charge in [0.05, 0.1) is 13.2 Å². The van der Waals surface area contributed by atoms with Crippen molar-refractivity contribution >= 4 is 5.91 Å². The van der Waals surface area contributed by atoms with Gasteiger partial charge in [0.1, 0.15) is 0 Å². The van der Waals surface area contributed by atoms with Crippen LogP contribution in [0.4, 0.5) is 0 Å². The maximum Gasteiger partial charge on any atom is 0.221 e. The molecule has 5 heteroatoms. The molecule has 1 rings (SSSR count). The monoisotopic (exact) mass is 215 g/mol. The molecular formula is C10H21N3O2. The highest BCUT2D eigenvalue weighted by atomic mass is 16.5. The largest absolute Gasteiger partial charge is 0.379 e. The summed E-state index contributed by atoms with van der Waals surface area (Å²) in [5.74, 6) is 0.0828. The van der Waals surface area contributed by atoms with Crippen LogP contribution in [0, 0.1) is 0 Å². The first-order chi connectivity index (χ1) is 7.22. The lowest BCUT2D eigenvalue weighted by Crippen LogP contribution is -2.41. The van der Waals surface area contributed by atoms with Gasteiger partial charge in [0.2, 0.25) is 5.91 Å². The van der Waals surface area contributed by atoms with E-state index in [0.29, 0.717) is 13.0 Å². The molecule has 1 saturated heterocycles. The highest BCUT2D eigenvalue weighted by Gasteiger charge is 2.12. The number of ether oxygens (including phenoxy) is 1. The number of amides is 1. The van der Waals surface area contributed by atoms with Crippen molar-refractivity contribution in [1.29, 1.82) is 0 Å². The Hall–Kier alpha value is -0.650. The van der Waals surface area contributed by atoms with Crippen LogP contribution in [0.2, 0.25) is 0 Å². The number of nitrogens with two attached hydrogens (primary N) is 1. The maximum atomic E-state index is 11.4. The standard InChI is InChI=1S/C10H21N3O2/c1-9(8-11)12-10(14)2-3-13-4-6-15-7-5-13/h9H,2-8,11H2,1H3,(H,12,14). The molecule has 1 aliphatic rings. The van der Waals surface area contributed by atoms with E-state index in [2.05, 4.69) is 10.2 Å². The van der Waals surface area contributed by atoms with Crippen LogP contribution in [0.5, 0.6) is 0 Å². The summed E-state index contributed by atoms with van der Waals surface area (Å²) in [6, 6.07) is 0.0715. The number of hydrogen-bond donors (Lipinski definition) is 2. The van der Waals surface area contributed by atoms with Crippen LogP contribution in [-0.4, -0.2) is 56.2 Å². The van der Waals surface area contributed by atoms with E-state index in [1.165, 1.54) is 0 Å². The van der Waals surface area contributed by atoms with Crippen LogP contribution in [0.3, 0.4) is 0 Å². The van der Waals surface area contributed by atoms with Crippen molar-refractivity contribution in [3.05, 3.63) is 0 Å². The molecule has 0 saturated carbocycles. The molecule has 0 aliphatic carbocycles. The van der Waals surface area contributed by atoms with E-state index in [-0.39, 0.29) is 11.9 Å². The lowest BCUT2D eigenvalue weighted by molar-refractivity contribution is -0.122. The van der Waals surface area contributed by atoms with Crippen LogP contribution in [0.1, 0.15) is 13.3 Å². The fourth-order valence-corrected chi connectivity index (χ4v) is 1.49. The van der Waals surface area contributed by atoms with Crippen molar-refractivity contribution in [2.24, 2.45) is 5.73 Å². The predicted molar refractivity (Wildman–Crippen MR) is 58.5 cm³/mol. The average Bonchev–Trinajstić information content (AvgIpc) is 2.27. The minimum Gasteiger partial charge on any atom is -0.379 e. The van der Waals surface area contributed by atoms with E-state index in [9.17, 15) is 4.79 Å². The van der Waals surface area contributed by atoms with E-state index < -0.39 is 0 Å². The molecule has 0 radical (unpaired) electrons. The fourth-order valence-electron chi connectivity index (χ4n) is 1.49. The zero-order chi connectivity index (χ0) is 11.1. The summed E-state index contributed by atoms with van der Waals surface area (Å²) in [6.07, 6.45) is 0.546. The van der Waals surface area contributed by atoms with Gasteiger partial charge in [-0.05, 0) is 6.92 Å². The van der Waals surface area contributed by atoms with Crippen LogP contribution < -0.4 is 11.1 Å². The summed E-state index contributed by atoms with van der Waals surface area (Å²) in [4.78, 5) is 13.7. The summed E-state index contributed by atoms with van der Waals surface area (Å²) >= 11 is 0. The Labute approximate surface area is 90.9 Å². The van der Waals surface area contributed by atoms with Crippen molar-refractivity contribution in [3.8, 4) is 0 Å². The zero-order valence-electron chi connectivity index (χ0n) is 9.37. The Morgan fingerprint density at radius 3 is 2.80 bits per heavy atom. The molecule has 0 bridgehead atoms. The lowest BCUT2D eigenvalue weighted by atomic mass is 10.3. The van der Waals surface area contributed by atoms with Crippen molar-refractivity contribution in [2.75, 3.05) is 39.4 Å². The third-order valence-electron chi connectivity index (χ3n) is 2.52. The summed E-state index contributed by atoms with van der Waals surface area (Å²) in [5.41, 5.74) is 5.42. The molecule has 1 unspecified atom stereocenters.